The van der Waals surface area contributed by atoms with Crippen LogP contribution in [0.5, 0.6) is 0 Å². The third-order valence-electron chi connectivity index (χ3n) is 9.53. The van der Waals surface area contributed by atoms with Crippen LogP contribution in [0.15, 0.2) is 0 Å². The van der Waals surface area contributed by atoms with Crippen LogP contribution in [0.1, 0.15) is 227 Å². The molecule has 0 N–H and O–H groups in total. The largest absolute Gasteiger partial charge is 1.00 e. The summed E-state index contributed by atoms with van der Waals surface area (Å²) in [5.74, 6) is 1.86. The Kier molecular flexibility index (Phi) is 49.7. The molecule has 0 rings (SSSR count). The van der Waals surface area contributed by atoms with Crippen molar-refractivity contribution in [1.29, 1.82) is 0 Å². The van der Waals surface area contributed by atoms with Crippen LogP contribution in [0.3, 0.4) is 0 Å². The molecule has 0 saturated carbocycles. The van der Waals surface area contributed by atoms with Gasteiger partial charge in [0.2, 0.25) is 0 Å². The summed E-state index contributed by atoms with van der Waals surface area (Å²) in [4.78, 5) is 15.2. The average Bonchev–Trinajstić information content (AvgIpc) is 3.02. The molecule has 0 aromatic carbocycles. The van der Waals surface area contributed by atoms with Crippen LogP contribution >= 0.6 is 0 Å². The number of carbonyl (C=O) groups is 1. The molecule has 1 atom stereocenters. The van der Waals surface area contributed by atoms with Crippen molar-refractivity contribution in [2.75, 3.05) is 20.1 Å². The molecule has 0 amide bonds. The molecule has 0 aliphatic carbocycles. The van der Waals surface area contributed by atoms with E-state index < -0.39 is 0 Å². The first kappa shape index (κ1) is 51.6. The van der Waals surface area contributed by atoms with Gasteiger partial charge in [-0.3, -0.25) is 4.79 Å². The molecular formula is C43H87KNO-. The molecule has 0 aliphatic rings. The topological polar surface area (TPSA) is 20.3 Å². The number of ketones is 1. The molecule has 1 unspecified atom stereocenters. The van der Waals surface area contributed by atoms with Gasteiger partial charge in [-0.15, -0.1) is 0 Å². The SMILES string of the molecule is [CH2-]C(C)CCCCCC.[CH2-]CCCCCCN(C)CCCCCCCC(=O)CC(CCCCCCCC)CCCCCCCC.[K+]. The summed E-state index contributed by atoms with van der Waals surface area (Å²) in [6.45, 7) is 19.3. The summed E-state index contributed by atoms with van der Waals surface area (Å²) in [7, 11) is 2.27. The molecular weight excluding hydrogens is 586 g/mol. The fourth-order valence-electron chi connectivity index (χ4n) is 6.38. The molecule has 0 aliphatic heterocycles. The quantitative estimate of drug-likeness (QED) is 0.0379. The van der Waals surface area contributed by atoms with Crippen molar-refractivity contribution >= 4 is 5.78 Å². The van der Waals surface area contributed by atoms with E-state index in [-0.39, 0.29) is 51.4 Å². The Bertz CT molecular complexity index is 535. The predicted octanol–water partition coefficient (Wildman–Crippen LogP) is 11.6. The van der Waals surface area contributed by atoms with Crippen LogP contribution in [0, 0.1) is 25.7 Å². The van der Waals surface area contributed by atoms with Crippen LogP contribution in [-0.2, 0) is 4.79 Å². The maximum Gasteiger partial charge on any atom is 1.00 e. The Morgan fingerprint density at radius 3 is 1.37 bits per heavy atom. The number of carbonyl (C=O) groups excluding carboxylic acids is 1. The van der Waals surface area contributed by atoms with Gasteiger partial charge in [-0.1, -0.05) is 188 Å². The molecule has 0 fully saturated rings. The average molecular weight is 673 g/mol. The molecule has 0 heterocycles. The molecule has 0 aromatic heterocycles. The van der Waals surface area contributed by atoms with E-state index in [1.54, 1.807) is 0 Å². The molecule has 0 spiro atoms. The van der Waals surface area contributed by atoms with Crippen molar-refractivity contribution in [2.24, 2.45) is 11.8 Å². The molecule has 272 valence electrons. The Hall–Kier alpha value is 1.27. The smallest absolute Gasteiger partial charge is 0.343 e. The van der Waals surface area contributed by atoms with Gasteiger partial charge < -0.3 is 18.7 Å². The summed E-state index contributed by atoms with van der Waals surface area (Å²) in [5, 5.41) is 0. The van der Waals surface area contributed by atoms with Gasteiger partial charge in [0.05, 0.1) is 0 Å². The van der Waals surface area contributed by atoms with Gasteiger partial charge in [-0.05, 0) is 45.3 Å². The van der Waals surface area contributed by atoms with E-state index in [0.29, 0.717) is 17.6 Å². The van der Waals surface area contributed by atoms with E-state index in [9.17, 15) is 4.79 Å². The Morgan fingerprint density at radius 1 is 0.543 bits per heavy atom. The minimum Gasteiger partial charge on any atom is -0.343 e. The first-order chi connectivity index (χ1) is 21.9. The van der Waals surface area contributed by atoms with Crippen LogP contribution < -0.4 is 51.4 Å². The first-order valence-electron chi connectivity index (χ1n) is 20.7. The van der Waals surface area contributed by atoms with Gasteiger partial charge in [-0.2, -0.15) is 12.3 Å². The van der Waals surface area contributed by atoms with Crippen LogP contribution in [-0.4, -0.2) is 30.8 Å². The zero-order valence-electron chi connectivity index (χ0n) is 33.3. The number of rotatable bonds is 35. The van der Waals surface area contributed by atoms with Gasteiger partial charge in [0.25, 0.3) is 0 Å². The number of unbranched alkanes of at least 4 members (excludes halogenated alkanes) is 21. The monoisotopic (exact) mass is 673 g/mol. The summed E-state index contributed by atoms with van der Waals surface area (Å²) in [5.41, 5.74) is 0. The number of Topliss-reactive ketones (excluding diaryl/α,β-unsaturated/α-hetero) is 1. The van der Waals surface area contributed by atoms with Gasteiger partial charge in [0, 0.05) is 12.8 Å². The van der Waals surface area contributed by atoms with Crippen LogP contribution in [0.25, 0.3) is 0 Å². The first-order valence-corrected chi connectivity index (χ1v) is 20.7. The van der Waals surface area contributed by atoms with E-state index in [4.69, 9.17) is 0 Å². The maximum absolute atomic E-state index is 12.7. The predicted molar refractivity (Wildman–Crippen MR) is 206 cm³/mol. The van der Waals surface area contributed by atoms with E-state index in [1.165, 1.54) is 186 Å². The second kappa shape index (κ2) is 44.3. The molecule has 0 bridgehead atoms. The van der Waals surface area contributed by atoms with E-state index in [0.717, 1.165) is 25.7 Å². The summed E-state index contributed by atoms with van der Waals surface area (Å²) in [6, 6.07) is 0. The van der Waals surface area contributed by atoms with Gasteiger partial charge in [0.15, 0.2) is 0 Å². The second-order valence-corrected chi connectivity index (χ2v) is 14.8. The molecule has 0 radical (unpaired) electrons. The molecule has 0 saturated heterocycles. The minimum atomic E-state index is 0. The fraction of sp³-hybridized carbons (Fsp3) is 0.930. The normalized spacial score (nSPS) is 11.8. The third-order valence-corrected chi connectivity index (χ3v) is 9.53. The Balaban J connectivity index is -0.00000160. The minimum absolute atomic E-state index is 0. The number of hydrogen-bond donors (Lipinski definition) is 0. The van der Waals surface area contributed by atoms with E-state index in [1.807, 2.05) is 0 Å². The maximum atomic E-state index is 12.7. The fourth-order valence-corrected chi connectivity index (χ4v) is 6.38. The standard InChI is InChI=1S/C34H68NO.C9H19.K/c1-5-8-11-14-17-22-27-33(28-23-18-15-12-9-6-2)32-34(36)29-24-19-16-21-26-31-35(4)30-25-20-13-10-7-3;1-4-5-6-7-8-9(2)3;/h33H,3,5-32H2,1-2,4H3;9H,2,4-8H2,1,3H3;/q2*-1;+1. The Labute approximate surface area is 336 Å². The molecule has 46 heavy (non-hydrogen) atoms. The van der Waals surface area contributed by atoms with Crippen molar-refractivity contribution in [1.82, 2.24) is 4.90 Å². The van der Waals surface area contributed by atoms with Crippen molar-refractivity contribution in [3.05, 3.63) is 13.8 Å². The zero-order chi connectivity index (χ0) is 33.6. The van der Waals surface area contributed by atoms with E-state index >= 15 is 0 Å². The van der Waals surface area contributed by atoms with E-state index in [2.05, 4.69) is 53.5 Å². The summed E-state index contributed by atoms with van der Waals surface area (Å²) >= 11 is 0. The van der Waals surface area contributed by atoms with Crippen molar-refractivity contribution in [2.45, 2.75) is 227 Å². The molecule has 2 nitrogen and oxygen atoms in total. The molecule has 0 aromatic rings. The van der Waals surface area contributed by atoms with Gasteiger partial charge >= 0.3 is 51.4 Å². The van der Waals surface area contributed by atoms with Crippen LogP contribution in [0.4, 0.5) is 0 Å². The third kappa shape index (κ3) is 45.3. The summed E-state index contributed by atoms with van der Waals surface area (Å²) in [6.07, 6.45) is 40.1. The molecule has 3 heteroatoms. The van der Waals surface area contributed by atoms with Gasteiger partial charge in [-0.25, -0.2) is 0 Å². The second-order valence-electron chi connectivity index (χ2n) is 14.8. The van der Waals surface area contributed by atoms with Gasteiger partial charge in [0.1, 0.15) is 5.78 Å². The number of hydrogen-bond acceptors (Lipinski definition) is 2. The van der Waals surface area contributed by atoms with Crippen molar-refractivity contribution < 1.29 is 56.2 Å². The summed E-state index contributed by atoms with van der Waals surface area (Å²) < 4.78 is 0. The van der Waals surface area contributed by atoms with Crippen molar-refractivity contribution in [3.63, 3.8) is 0 Å². The Morgan fingerprint density at radius 2 is 0.913 bits per heavy atom. The van der Waals surface area contributed by atoms with Crippen molar-refractivity contribution in [3.8, 4) is 0 Å². The van der Waals surface area contributed by atoms with Crippen LogP contribution in [0.2, 0.25) is 0 Å². The zero-order valence-corrected chi connectivity index (χ0v) is 36.4. The number of nitrogens with zero attached hydrogens (tertiary/aromatic N) is 1.